The van der Waals surface area contributed by atoms with Gasteiger partial charge in [-0.1, -0.05) is 26.2 Å². The highest BCUT2D eigenvalue weighted by molar-refractivity contribution is 5.74. The van der Waals surface area contributed by atoms with Gasteiger partial charge in [-0.25, -0.2) is 4.79 Å². The number of nitrogens with one attached hydrogen (secondary N) is 2. The minimum absolute atomic E-state index is 0.00159. The normalized spacial score (nSPS) is 27.9. The van der Waals surface area contributed by atoms with Crippen molar-refractivity contribution in [1.29, 1.82) is 0 Å². The molecule has 0 atom stereocenters. The molecule has 3 heteroatoms. The highest BCUT2D eigenvalue weighted by atomic mass is 16.2. The molecule has 1 aliphatic carbocycles. The zero-order valence-electron chi connectivity index (χ0n) is 8.94. The summed E-state index contributed by atoms with van der Waals surface area (Å²) in [5, 5.41) is 5.84. The molecule has 1 saturated heterocycles. The average molecular weight is 196 g/mol. The van der Waals surface area contributed by atoms with Gasteiger partial charge in [0.05, 0.1) is 0 Å². The molecule has 1 heterocycles. The van der Waals surface area contributed by atoms with Crippen LogP contribution in [0, 0.1) is 11.3 Å². The maximum atomic E-state index is 11.0. The summed E-state index contributed by atoms with van der Waals surface area (Å²) in [7, 11) is 0. The van der Waals surface area contributed by atoms with Crippen LogP contribution < -0.4 is 10.6 Å². The zero-order valence-corrected chi connectivity index (χ0v) is 8.94. The van der Waals surface area contributed by atoms with Gasteiger partial charge in [-0.15, -0.1) is 0 Å². The van der Waals surface area contributed by atoms with Gasteiger partial charge in [0.1, 0.15) is 0 Å². The molecule has 2 fully saturated rings. The minimum Gasteiger partial charge on any atom is -0.338 e. The molecule has 80 valence electrons. The Morgan fingerprint density at radius 2 is 1.71 bits per heavy atom. The molecule has 3 nitrogen and oxygen atoms in total. The summed E-state index contributed by atoms with van der Waals surface area (Å²) < 4.78 is 0. The maximum Gasteiger partial charge on any atom is 0.314 e. The summed E-state index contributed by atoms with van der Waals surface area (Å²) in [5.41, 5.74) is 0.286. The average Bonchev–Trinajstić information content (AvgIpc) is 2.24. The molecule has 2 aliphatic rings. The van der Waals surface area contributed by atoms with Crippen molar-refractivity contribution in [2.75, 3.05) is 13.1 Å². The molecule has 0 bridgehead atoms. The van der Waals surface area contributed by atoms with Gasteiger partial charge >= 0.3 is 6.03 Å². The molecule has 2 amide bonds. The summed E-state index contributed by atoms with van der Waals surface area (Å²) in [6.45, 7) is 4.00. The van der Waals surface area contributed by atoms with Crippen LogP contribution in [-0.2, 0) is 0 Å². The molecule has 0 aromatic rings. The number of amides is 2. The Hall–Kier alpha value is -0.730. The molecule has 2 N–H and O–H groups in total. The lowest BCUT2D eigenvalue weighted by molar-refractivity contribution is 0.118. The van der Waals surface area contributed by atoms with Crippen molar-refractivity contribution in [2.45, 2.75) is 39.0 Å². The second-order valence-electron chi connectivity index (χ2n) is 5.03. The molecule has 2 rings (SSSR count). The summed E-state index contributed by atoms with van der Waals surface area (Å²) in [6, 6.07) is -0.00159. The minimum atomic E-state index is -0.00159. The standard InChI is InChI=1S/C11H20N2O/c1-11(7-12-10(14)13-8-11)9-5-3-2-4-6-9/h9H,2-8H2,1H3,(H2,12,13,14). The van der Waals surface area contributed by atoms with Gasteiger partial charge in [-0.05, 0) is 18.8 Å². The number of hydrogen-bond donors (Lipinski definition) is 2. The Kier molecular flexibility index (Phi) is 2.66. The largest absolute Gasteiger partial charge is 0.338 e. The van der Waals surface area contributed by atoms with E-state index in [1.165, 1.54) is 32.1 Å². The molecule has 0 aromatic carbocycles. The number of rotatable bonds is 1. The first-order valence-electron chi connectivity index (χ1n) is 5.72. The third-order valence-electron chi connectivity index (χ3n) is 3.90. The third-order valence-corrected chi connectivity index (χ3v) is 3.90. The maximum absolute atomic E-state index is 11.0. The monoisotopic (exact) mass is 196 g/mol. The van der Waals surface area contributed by atoms with E-state index < -0.39 is 0 Å². The number of carbonyl (C=O) groups is 1. The van der Waals surface area contributed by atoms with Crippen molar-refractivity contribution in [3.8, 4) is 0 Å². The molecule has 0 spiro atoms. The lowest BCUT2D eigenvalue weighted by atomic mass is 9.69. The first kappa shape index (κ1) is 9.81. The zero-order chi connectivity index (χ0) is 10.0. The molecule has 1 aliphatic heterocycles. The van der Waals surface area contributed by atoms with Crippen LogP contribution in [0.5, 0.6) is 0 Å². The van der Waals surface area contributed by atoms with Crippen LogP contribution in [0.2, 0.25) is 0 Å². The van der Waals surface area contributed by atoms with E-state index in [-0.39, 0.29) is 11.4 Å². The first-order valence-corrected chi connectivity index (χ1v) is 5.72. The van der Waals surface area contributed by atoms with E-state index in [4.69, 9.17) is 0 Å². The summed E-state index contributed by atoms with van der Waals surface area (Å²) in [4.78, 5) is 11.0. The van der Waals surface area contributed by atoms with Crippen LogP contribution in [0.4, 0.5) is 4.79 Å². The lowest BCUT2D eigenvalue weighted by Crippen LogP contribution is -2.56. The second kappa shape index (κ2) is 3.79. The fourth-order valence-corrected chi connectivity index (χ4v) is 2.78. The molecule has 0 radical (unpaired) electrons. The Morgan fingerprint density at radius 3 is 2.29 bits per heavy atom. The highest BCUT2D eigenvalue weighted by Gasteiger charge is 2.37. The van der Waals surface area contributed by atoms with Gasteiger partial charge < -0.3 is 10.6 Å². The Morgan fingerprint density at radius 1 is 1.14 bits per heavy atom. The van der Waals surface area contributed by atoms with Crippen molar-refractivity contribution in [3.05, 3.63) is 0 Å². The highest BCUT2D eigenvalue weighted by Crippen LogP contribution is 2.38. The van der Waals surface area contributed by atoms with Crippen LogP contribution in [0.25, 0.3) is 0 Å². The van der Waals surface area contributed by atoms with Crippen LogP contribution in [0.3, 0.4) is 0 Å². The SMILES string of the molecule is CC1(C2CCCCC2)CNC(=O)NC1. The van der Waals surface area contributed by atoms with Crippen LogP contribution in [-0.4, -0.2) is 19.1 Å². The molecular weight excluding hydrogens is 176 g/mol. The molecule has 1 saturated carbocycles. The summed E-state index contributed by atoms with van der Waals surface area (Å²) in [6.07, 6.45) is 6.82. The van der Waals surface area contributed by atoms with Crippen molar-refractivity contribution in [1.82, 2.24) is 10.6 Å². The van der Waals surface area contributed by atoms with E-state index in [1.54, 1.807) is 0 Å². The summed E-state index contributed by atoms with van der Waals surface area (Å²) in [5.74, 6) is 0.796. The molecular formula is C11H20N2O. The van der Waals surface area contributed by atoms with Crippen molar-refractivity contribution in [2.24, 2.45) is 11.3 Å². The number of urea groups is 1. The Balaban J connectivity index is 1.96. The van der Waals surface area contributed by atoms with Crippen LogP contribution in [0.1, 0.15) is 39.0 Å². The van der Waals surface area contributed by atoms with E-state index in [0.717, 1.165) is 19.0 Å². The Labute approximate surface area is 85.6 Å². The van der Waals surface area contributed by atoms with Crippen molar-refractivity contribution in [3.63, 3.8) is 0 Å². The van der Waals surface area contributed by atoms with E-state index in [9.17, 15) is 4.79 Å². The van der Waals surface area contributed by atoms with Crippen molar-refractivity contribution >= 4 is 6.03 Å². The van der Waals surface area contributed by atoms with Gasteiger partial charge in [0.25, 0.3) is 0 Å². The van der Waals surface area contributed by atoms with Crippen LogP contribution >= 0.6 is 0 Å². The Bertz CT molecular complexity index is 211. The molecule has 14 heavy (non-hydrogen) atoms. The van der Waals surface area contributed by atoms with Gasteiger partial charge in [0.2, 0.25) is 0 Å². The number of hydrogen-bond acceptors (Lipinski definition) is 1. The predicted octanol–water partition coefficient (Wildman–Crippen LogP) is 1.89. The smallest absolute Gasteiger partial charge is 0.314 e. The molecule has 0 unspecified atom stereocenters. The second-order valence-corrected chi connectivity index (χ2v) is 5.03. The van der Waals surface area contributed by atoms with Crippen LogP contribution in [0.15, 0.2) is 0 Å². The van der Waals surface area contributed by atoms with E-state index in [0.29, 0.717) is 0 Å². The molecule has 0 aromatic heterocycles. The van der Waals surface area contributed by atoms with Crippen molar-refractivity contribution < 1.29 is 4.79 Å². The fraction of sp³-hybridized carbons (Fsp3) is 0.909. The van der Waals surface area contributed by atoms with Gasteiger partial charge in [0, 0.05) is 18.5 Å². The quantitative estimate of drug-likeness (QED) is 0.660. The summed E-state index contributed by atoms with van der Waals surface area (Å²) >= 11 is 0. The van der Waals surface area contributed by atoms with E-state index in [1.807, 2.05) is 0 Å². The number of carbonyl (C=O) groups excluding carboxylic acids is 1. The topological polar surface area (TPSA) is 41.1 Å². The predicted molar refractivity (Wildman–Crippen MR) is 56.1 cm³/mol. The van der Waals surface area contributed by atoms with Gasteiger partial charge in [-0.2, -0.15) is 0 Å². The van der Waals surface area contributed by atoms with E-state index in [2.05, 4.69) is 17.6 Å². The van der Waals surface area contributed by atoms with Gasteiger partial charge in [-0.3, -0.25) is 0 Å². The lowest BCUT2D eigenvalue weighted by Gasteiger charge is -2.42. The van der Waals surface area contributed by atoms with Gasteiger partial charge in [0.15, 0.2) is 0 Å². The first-order chi connectivity index (χ1) is 6.71. The van der Waals surface area contributed by atoms with E-state index >= 15 is 0 Å². The fourth-order valence-electron chi connectivity index (χ4n) is 2.78. The third kappa shape index (κ3) is 1.86.